The molecule has 1 atom stereocenters. The van der Waals surface area contributed by atoms with Gasteiger partial charge in [0.25, 0.3) is 0 Å². The molecule has 27 heavy (non-hydrogen) atoms. The third-order valence-corrected chi connectivity index (χ3v) is 5.62. The van der Waals surface area contributed by atoms with Gasteiger partial charge in [0.1, 0.15) is 17.7 Å². The van der Waals surface area contributed by atoms with Crippen molar-refractivity contribution in [2.75, 3.05) is 49.1 Å². The summed E-state index contributed by atoms with van der Waals surface area (Å²) in [5, 5.41) is 8.94. The summed E-state index contributed by atoms with van der Waals surface area (Å²) < 4.78 is 13.1. The molecule has 2 aliphatic rings. The number of anilines is 2. The summed E-state index contributed by atoms with van der Waals surface area (Å²) in [6.45, 7) is 5.99. The van der Waals surface area contributed by atoms with Gasteiger partial charge in [-0.2, -0.15) is 5.26 Å². The van der Waals surface area contributed by atoms with Crippen molar-refractivity contribution in [3.63, 3.8) is 0 Å². The lowest BCUT2D eigenvalue weighted by molar-refractivity contribution is 0.166. The van der Waals surface area contributed by atoms with Crippen LogP contribution in [0.1, 0.15) is 18.4 Å². The average molecular weight is 365 g/mol. The molecule has 1 aromatic carbocycles. The molecule has 0 aliphatic carbocycles. The molecule has 0 amide bonds. The molecule has 2 aromatic rings. The molecule has 3 heterocycles. The molecule has 0 saturated carbocycles. The average Bonchev–Trinajstić information content (AvgIpc) is 2.75. The van der Waals surface area contributed by atoms with Crippen molar-refractivity contribution in [2.45, 2.75) is 18.9 Å². The number of piperazine rings is 1. The zero-order valence-corrected chi connectivity index (χ0v) is 15.4. The number of nitriles is 1. The van der Waals surface area contributed by atoms with Crippen LogP contribution in [-0.2, 0) is 0 Å². The first-order valence-corrected chi connectivity index (χ1v) is 9.58. The highest BCUT2D eigenvalue weighted by molar-refractivity contribution is 5.47. The first kappa shape index (κ1) is 17.7. The lowest BCUT2D eigenvalue weighted by atomic mass is 10.0. The molecular formula is C21H24FN5. The zero-order chi connectivity index (χ0) is 18.6. The summed E-state index contributed by atoms with van der Waals surface area (Å²) in [6.07, 6.45) is 4.02. The molecule has 0 radical (unpaired) electrons. The standard InChI is InChI=1S/C21H24FN5/c22-18-4-6-19(7-5-18)25-10-12-26(13-11-25)20-2-1-9-27(16-20)21-8-3-17(14-23)15-24-21/h3-8,15,20H,1-2,9-13,16H2/t20-/m0/s1. The summed E-state index contributed by atoms with van der Waals surface area (Å²) in [4.78, 5) is 11.7. The number of piperidine rings is 1. The number of pyridine rings is 1. The van der Waals surface area contributed by atoms with Crippen LogP contribution < -0.4 is 9.80 Å². The summed E-state index contributed by atoms with van der Waals surface area (Å²) in [5.41, 5.74) is 1.70. The van der Waals surface area contributed by atoms with Crippen LogP contribution in [0.25, 0.3) is 0 Å². The molecule has 2 aliphatic heterocycles. The molecule has 0 spiro atoms. The van der Waals surface area contributed by atoms with E-state index in [2.05, 4.69) is 25.8 Å². The van der Waals surface area contributed by atoms with E-state index in [1.807, 2.05) is 24.3 Å². The van der Waals surface area contributed by atoms with Gasteiger partial charge < -0.3 is 9.80 Å². The van der Waals surface area contributed by atoms with Crippen LogP contribution in [0.3, 0.4) is 0 Å². The SMILES string of the molecule is N#Cc1ccc(N2CCC[C@H](N3CCN(c4ccc(F)cc4)CC3)C2)nc1. The maximum Gasteiger partial charge on any atom is 0.128 e. The number of aromatic nitrogens is 1. The molecule has 140 valence electrons. The monoisotopic (exact) mass is 365 g/mol. The Kier molecular flexibility index (Phi) is 5.21. The zero-order valence-electron chi connectivity index (χ0n) is 15.4. The minimum Gasteiger partial charge on any atom is -0.369 e. The summed E-state index contributed by atoms with van der Waals surface area (Å²) in [5.74, 6) is 0.778. The Bertz CT molecular complexity index is 791. The van der Waals surface area contributed by atoms with Gasteiger partial charge in [-0.1, -0.05) is 0 Å². The molecule has 0 N–H and O–H groups in total. The van der Waals surface area contributed by atoms with Crippen LogP contribution in [0.2, 0.25) is 0 Å². The van der Waals surface area contributed by atoms with E-state index in [1.54, 1.807) is 6.20 Å². The van der Waals surface area contributed by atoms with Gasteiger partial charge in [0, 0.05) is 57.2 Å². The third kappa shape index (κ3) is 4.04. The van der Waals surface area contributed by atoms with E-state index in [9.17, 15) is 4.39 Å². The first-order chi connectivity index (χ1) is 13.2. The van der Waals surface area contributed by atoms with Gasteiger partial charge in [-0.25, -0.2) is 9.37 Å². The second kappa shape index (κ2) is 7.93. The predicted molar refractivity (Wildman–Crippen MR) is 104 cm³/mol. The van der Waals surface area contributed by atoms with E-state index >= 15 is 0 Å². The number of nitrogens with zero attached hydrogens (tertiary/aromatic N) is 5. The maximum absolute atomic E-state index is 13.1. The summed E-state index contributed by atoms with van der Waals surface area (Å²) in [6, 6.07) is 13.2. The van der Waals surface area contributed by atoms with E-state index in [1.165, 1.54) is 18.6 Å². The van der Waals surface area contributed by atoms with Crippen LogP contribution in [0.4, 0.5) is 15.9 Å². The van der Waals surface area contributed by atoms with Crippen molar-refractivity contribution < 1.29 is 4.39 Å². The Balaban J connectivity index is 1.35. The predicted octanol–water partition coefficient (Wildman–Crippen LogP) is 2.88. The van der Waals surface area contributed by atoms with Crippen molar-refractivity contribution >= 4 is 11.5 Å². The Morgan fingerprint density at radius 3 is 2.41 bits per heavy atom. The topological polar surface area (TPSA) is 46.4 Å². The molecule has 4 rings (SSSR count). The van der Waals surface area contributed by atoms with Gasteiger partial charge in [-0.05, 0) is 49.2 Å². The molecule has 5 nitrogen and oxygen atoms in total. The van der Waals surface area contributed by atoms with Crippen LogP contribution in [0.15, 0.2) is 42.6 Å². The van der Waals surface area contributed by atoms with Crippen molar-refractivity contribution in [3.8, 4) is 6.07 Å². The van der Waals surface area contributed by atoms with Crippen molar-refractivity contribution in [1.82, 2.24) is 9.88 Å². The van der Waals surface area contributed by atoms with Crippen molar-refractivity contribution in [1.29, 1.82) is 5.26 Å². The Morgan fingerprint density at radius 2 is 1.74 bits per heavy atom. The van der Waals surface area contributed by atoms with Crippen LogP contribution in [-0.4, -0.2) is 55.2 Å². The highest BCUT2D eigenvalue weighted by Crippen LogP contribution is 2.23. The summed E-state index contributed by atoms with van der Waals surface area (Å²) in [7, 11) is 0. The first-order valence-electron chi connectivity index (χ1n) is 9.58. The largest absolute Gasteiger partial charge is 0.369 e. The van der Waals surface area contributed by atoms with Crippen molar-refractivity contribution in [2.24, 2.45) is 0 Å². The molecule has 1 aromatic heterocycles. The fraction of sp³-hybridized carbons (Fsp3) is 0.429. The van der Waals surface area contributed by atoms with Gasteiger partial charge in [0.15, 0.2) is 0 Å². The maximum atomic E-state index is 13.1. The number of halogens is 1. The third-order valence-electron chi connectivity index (χ3n) is 5.62. The number of hydrogen-bond donors (Lipinski definition) is 0. The van der Waals surface area contributed by atoms with E-state index < -0.39 is 0 Å². The van der Waals surface area contributed by atoms with Gasteiger partial charge >= 0.3 is 0 Å². The Hall–Kier alpha value is -2.65. The van der Waals surface area contributed by atoms with Gasteiger partial charge in [-0.3, -0.25) is 4.90 Å². The molecule has 6 heteroatoms. The van der Waals surface area contributed by atoms with E-state index in [4.69, 9.17) is 5.26 Å². The highest BCUT2D eigenvalue weighted by Gasteiger charge is 2.28. The highest BCUT2D eigenvalue weighted by atomic mass is 19.1. The lowest BCUT2D eigenvalue weighted by Crippen LogP contribution is -2.55. The van der Waals surface area contributed by atoms with E-state index in [0.717, 1.165) is 57.2 Å². The minimum atomic E-state index is -0.184. The molecule has 0 unspecified atom stereocenters. The number of rotatable bonds is 3. The minimum absolute atomic E-state index is 0.184. The quantitative estimate of drug-likeness (QED) is 0.837. The van der Waals surface area contributed by atoms with E-state index in [-0.39, 0.29) is 5.82 Å². The lowest BCUT2D eigenvalue weighted by Gasteiger charge is -2.44. The second-order valence-electron chi connectivity index (χ2n) is 7.26. The fourth-order valence-corrected chi connectivity index (χ4v) is 4.10. The van der Waals surface area contributed by atoms with Crippen LogP contribution >= 0.6 is 0 Å². The fourth-order valence-electron chi connectivity index (χ4n) is 4.10. The smallest absolute Gasteiger partial charge is 0.128 e. The Labute approximate surface area is 159 Å². The van der Waals surface area contributed by atoms with Crippen molar-refractivity contribution in [3.05, 3.63) is 54.0 Å². The second-order valence-corrected chi connectivity index (χ2v) is 7.26. The van der Waals surface area contributed by atoms with Gasteiger partial charge in [0.05, 0.1) is 5.56 Å². The van der Waals surface area contributed by atoms with E-state index in [0.29, 0.717) is 11.6 Å². The van der Waals surface area contributed by atoms with Gasteiger partial charge in [0.2, 0.25) is 0 Å². The van der Waals surface area contributed by atoms with Crippen LogP contribution in [0.5, 0.6) is 0 Å². The molecule has 2 saturated heterocycles. The normalized spacial score (nSPS) is 21.1. The number of hydrogen-bond acceptors (Lipinski definition) is 5. The van der Waals surface area contributed by atoms with Gasteiger partial charge in [-0.15, -0.1) is 0 Å². The Morgan fingerprint density at radius 1 is 0.963 bits per heavy atom. The molecule has 2 fully saturated rings. The van der Waals surface area contributed by atoms with Crippen LogP contribution in [0, 0.1) is 17.1 Å². The summed E-state index contributed by atoms with van der Waals surface area (Å²) >= 11 is 0. The molecule has 0 bridgehead atoms. The number of benzene rings is 1. The molecular weight excluding hydrogens is 341 g/mol.